The Morgan fingerprint density at radius 3 is 3.15 bits per heavy atom. The van der Waals surface area contributed by atoms with E-state index in [0.29, 0.717) is 18.3 Å². The summed E-state index contributed by atoms with van der Waals surface area (Å²) in [6.07, 6.45) is 2.23. The Kier molecular flexibility index (Phi) is 3.83. The van der Waals surface area contributed by atoms with Crippen molar-refractivity contribution in [1.82, 2.24) is 25.0 Å². The fraction of sp³-hybridized carbons (Fsp3) is 0.316. The minimum Gasteiger partial charge on any atom is -0.341 e. The summed E-state index contributed by atoms with van der Waals surface area (Å²) in [4.78, 5) is 16.3. The number of nitrogens with one attached hydrogen (secondary N) is 1. The lowest BCUT2D eigenvalue weighted by Gasteiger charge is -2.20. The molecule has 4 aromatic rings. The van der Waals surface area contributed by atoms with Crippen LogP contribution < -0.4 is 0 Å². The van der Waals surface area contributed by atoms with Crippen molar-refractivity contribution in [3.8, 4) is 10.7 Å². The van der Waals surface area contributed by atoms with Crippen LogP contribution in [0.3, 0.4) is 0 Å². The number of aromatic amines is 1. The van der Waals surface area contributed by atoms with Gasteiger partial charge in [0.2, 0.25) is 11.7 Å². The standard InChI is InChI=1S/C19H19N5OS/c1-12-6-7-13-14(10-12)21-18(20-13)15-4-2-8-24(15)11-17-22-19(23-25-17)16-5-3-9-26-16/h3,5-7,9-10,15H,2,4,8,11H2,1H3,(H,20,21)/t15-/m0/s1. The third-order valence-electron chi connectivity index (χ3n) is 4.88. The predicted octanol–water partition coefficient (Wildman–Crippen LogP) is 4.32. The van der Waals surface area contributed by atoms with Gasteiger partial charge in [0, 0.05) is 0 Å². The largest absolute Gasteiger partial charge is 0.341 e. The molecule has 3 aromatic heterocycles. The van der Waals surface area contributed by atoms with E-state index in [9.17, 15) is 0 Å². The molecule has 6 nitrogen and oxygen atoms in total. The van der Waals surface area contributed by atoms with E-state index in [1.807, 2.05) is 17.5 Å². The molecule has 7 heteroatoms. The first kappa shape index (κ1) is 15.7. The molecule has 0 bridgehead atoms. The van der Waals surface area contributed by atoms with E-state index in [-0.39, 0.29) is 6.04 Å². The maximum absolute atomic E-state index is 5.48. The summed E-state index contributed by atoms with van der Waals surface area (Å²) in [6.45, 7) is 3.76. The van der Waals surface area contributed by atoms with Crippen LogP contribution in [0.15, 0.2) is 40.2 Å². The lowest BCUT2D eigenvalue weighted by atomic mass is 10.2. The summed E-state index contributed by atoms with van der Waals surface area (Å²) < 4.78 is 5.48. The molecule has 0 saturated carbocycles. The Balaban J connectivity index is 1.38. The molecule has 1 atom stereocenters. The molecule has 0 aliphatic carbocycles. The van der Waals surface area contributed by atoms with Crippen LogP contribution in [0, 0.1) is 6.92 Å². The van der Waals surface area contributed by atoms with Crippen molar-refractivity contribution < 1.29 is 4.52 Å². The maximum atomic E-state index is 5.48. The fourth-order valence-electron chi connectivity index (χ4n) is 3.62. The van der Waals surface area contributed by atoms with Crippen LogP contribution in [0.4, 0.5) is 0 Å². The van der Waals surface area contributed by atoms with Crippen LogP contribution in [0.2, 0.25) is 0 Å². The summed E-state index contributed by atoms with van der Waals surface area (Å²) in [5.41, 5.74) is 3.36. The van der Waals surface area contributed by atoms with E-state index in [0.717, 1.165) is 41.1 Å². The van der Waals surface area contributed by atoms with Crippen molar-refractivity contribution in [2.75, 3.05) is 6.54 Å². The molecule has 1 fully saturated rings. The number of nitrogens with zero attached hydrogens (tertiary/aromatic N) is 4. The lowest BCUT2D eigenvalue weighted by Crippen LogP contribution is -2.23. The smallest absolute Gasteiger partial charge is 0.241 e. The van der Waals surface area contributed by atoms with Gasteiger partial charge in [-0.2, -0.15) is 4.98 Å². The van der Waals surface area contributed by atoms with E-state index in [4.69, 9.17) is 9.51 Å². The molecule has 0 radical (unpaired) electrons. The fourth-order valence-corrected chi connectivity index (χ4v) is 4.27. The normalized spacial score (nSPS) is 18.1. The zero-order valence-electron chi connectivity index (χ0n) is 14.5. The van der Waals surface area contributed by atoms with E-state index in [2.05, 4.69) is 45.1 Å². The average Bonchev–Trinajstić information content (AvgIpc) is 3.41. The van der Waals surface area contributed by atoms with Gasteiger partial charge in [-0.15, -0.1) is 11.3 Å². The summed E-state index contributed by atoms with van der Waals surface area (Å²) in [5.74, 6) is 2.36. The number of thiophene rings is 1. The van der Waals surface area contributed by atoms with Crippen molar-refractivity contribution in [3.63, 3.8) is 0 Å². The van der Waals surface area contributed by atoms with Gasteiger partial charge in [-0.25, -0.2) is 4.98 Å². The van der Waals surface area contributed by atoms with Gasteiger partial charge >= 0.3 is 0 Å². The number of hydrogen-bond acceptors (Lipinski definition) is 6. The molecule has 1 aliphatic rings. The summed E-state index contributed by atoms with van der Waals surface area (Å²) >= 11 is 1.62. The Morgan fingerprint density at radius 1 is 1.31 bits per heavy atom. The second kappa shape index (κ2) is 6.34. The number of likely N-dealkylation sites (tertiary alicyclic amines) is 1. The average molecular weight is 365 g/mol. The van der Waals surface area contributed by atoms with Gasteiger partial charge in [0.25, 0.3) is 0 Å². The summed E-state index contributed by atoms with van der Waals surface area (Å²) in [5, 5.41) is 6.14. The van der Waals surface area contributed by atoms with E-state index < -0.39 is 0 Å². The quantitative estimate of drug-likeness (QED) is 0.583. The number of imidazole rings is 1. The zero-order chi connectivity index (χ0) is 17.5. The second-order valence-electron chi connectivity index (χ2n) is 6.76. The molecule has 4 heterocycles. The molecule has 1 N–H and O–H groups in total. The minimum atomic E-state index is 0.264. The summed E-state index contributed by atoms with van der Waals surface area (Å²) in [6, 6.07) is 10.6. The third-order valence-corrected chi connectivity index (χ3v) is 5.75. The number of benzene rings is 1. The van der Waals surface area contributed by atoms with Crippen LogP contribution >= 0.6 is 11.3 Å². The molecule has 1 saturated heterocycles. The second-order valence-corrected chi connectivity index (χ2v) is 7.71. The highest BCUT2D eigenvalue weighted by Crippen LogP contribution is 2.33. The van der Waals surface area contributed by atoms with Crippen LogP contribution in [0.25, 0.3) is 21.7 Å². The van der Waals surface area contributed by atoms with Gasteiger partial charge < -0.3 is 9.51 Å². The molecule has 0 amide bonds. The van der Waals surface area contributed by atoms with Gasteiger partial charge in [0.05, 0.1) is 28.5 Å². The Bertz CT molecular complexity index is 1040. The molecule has 132 valence electrons. The highest BCUT2D eigenvalue weighted by Gasteiger charge is 2.30. The molecule has 1 aliphatic heterocycles. The molecule has 1 aromatic carbocycles. The van der Waals surface area contributed by atoms with E-state index >= 15 is 0 Å². The topological polar surface area (TPSA) is 70.8 Å². The number of rotatable bonds is 4. The molecule has 0 spiro atoms. The highest BCUT2D eigenvalue weighted by molar-refractivity contribution is 7.13. The number of fused-ring (bicyclic) bond motifs is 1. The van der Waals surface area contributed by atoms with E-state index in [1.165, 1.54) is 5.56 Å². The third kappa shape index (κ3) is 2.83. The molecule has 26 heavy (non-hydrogen) atoms. The maximum Gasteiger partial charge on any atom is 0.241 e. The first-order valence-electron chi connectivity index (χ1n) is 8.83. The Morgan fingerprint density at radius 2 is 2.27 bits per heavy atom. The molecule has 0 unspecified atom stereocenters. The first-order valence-corrected chi connectivity index (χ1v) is 9.71. The van der Waals surface area contributed by atoms with Gasteiger partial charge in [0.15, 0.2) is 0 Å². The SMILES string of the molecule is Cc1ccc2nc([C@@H]3CCCN3Cc3nc(-c4cccs4)no3)[nH]c2c1. The van der Waals surface area contributed by atoms with Gasteiger partial charge in [-0.1, -0.05) is 17.3 Å². The van der Waals surface area contributed by atoms with Gasteiger partial charge in [0.1, 0.15) is 5.82 Å². The monoisotopic (exact) mass is 365 g/mol. The minimum absolute atomic E-state index is 0.264. The Hall–Kier alpha value is -2.51. The molecular formula is C19H19N5OS. The van der Waals surface area contributed by atoms with Crippen LogP contribution in [0.1, 0.15) is 36.2 Å². The summed E-state index contributed by atoms with van der Waals surface area (Å²) in [7, 11) is 0. The van der Waals surface area contributed by atoms with Gasteiger partial charge in [-0.3, -0.25) is 4.90 Å². The number of H-pyrrole nitrogens is 1. The number of aryl methyl sites for hydroxylation is 1. The predicted molar refractivity (Wildman–Crippen MR) is 101 cm³/mol. The molecular weight excluding hydrogens is 346 g/mol. The van der Waals surface area contributed by atoms with Crippen LogP contribution in [0.5, 0.6) is 0 Å². The van der Waals surface area contributed by atoms with Crippen LogP contribution in [-0.2, 0) is 6.54 Å². The number of aromatic nitrogens is 4. The zero-order valence-corrected chi connectivity index (χ0v) is 15.3. The first-order chi connectivity index (χ1) is 12.8. The van der Waals surface area contributed by atoms with Crippen molar-refractivity contribution >= 4 is 22.4 Å². The molecule has 5 rings (SSSR count). The Labute approximate surface area is 154 Å². The van der Waals surface area contributed by atoms with Crippen molar-refractivity contribution in [2.24, 2.45) is 0 Å². The number of hydrogen-bond donors (Lipinski definition) is 1. The van der Waals surface area contributed by atoms with Crippen molar-refractivity contribution in [1.29, 1.82) is 0 Å². The highest BCUT2D eigenvalue weighted by atomic mass is 32.1. The van der Waals surface area contributed by atoms with Gasteiger partial charge in [-0.05, 0) is 55.5 Å². The van der Waals surface area contributed by atoms with E-state index in [1.54, 1.807) is 11.3 Å². The van der Waals surface area contributed by atoms with Crippen molar-refractivity contribution in [3.05, 3.63) is 53.0 Å². The van der Waals surface area contributed by atoms with Crippen molar-refractivity contribution in [2.45, 2.75) is 32.4 Å². The lowest BCUT2D eigenvalue weighted by molar-refractivity contribution is 0.207. The van der Waals surface area contributed by atoms with Crippen LogP contribution in [-0.4, -0.2) is 31.6 Å².